The number of benzene rings is 1. The summed E-state index contributed by atoms with van der Waals surface area (Å²) in [5.41, 5.74) is 2.10. The summed E-state index contributed by atoms with van der Waals surface area (Å²) >= 11 is 0. The SMILES string of the molecule is CC(C)C[C@@H](C=CC(=O)N1CCc2ccccc21)NC(=O)[C@@H]1CCN1C(=O)O. The Morgan fingerprint density at radius 1 is 1.25 bits per heavy atom. The molecule has 0 spiro atoms. The van der Waals surface area contributed by atoms with Gasteiger partial charge in [0.2, 0.25) is 5.91 Å². The number of hydrogen-bond acceptors (Lipinski definition) is 3. The van der Waals surface area contributed by atoms with Crippen LogP contribution in [-0.2, 0) is 16.0 Å². The van der Waals surface area contributed by atoms with E-state index in [2.05, 4.69) is 5.32 Å². The summed E-state index contributed by atoms with van der Waals surface area (Å²) in [6.07, 6.45) is 4.21. The molecule has 28 heavy (non-hydrogen) atoms. The van der Waals surface area contributed by atoms with E-state index >= 15 is 0 Å². The monoisotopic (exact) mass is 385 g/mol. The fraction of sp³-hybridized carbons (Fsp3) is 0.476. The Labute approximate surface area is 165 Å². The number of fused-ring (bicyclic) bond motifs is 1. The largest absolute Gasteiger partial charge is 0.465 e. The van der Waals surface area contributed by atoms with E-state index in [9.17, 15) is 14.4 Å². The van der Waals surface area contributed by atoms with Crippen molar-refractivity contribution >= 4 is 23.6 Å². The third-order valence-corrected chi connectivity index (χ3v) is 5.25. The van der Waals surface area contributed by atoms with Crippen LogP contribution in [0.1, 0.15) is 32.3 Å². The average molecular weight is 385 g/mol. The van der Waals surface area contributed by atoms with Crippen LogP contribution in [0.2, 0.25) is 0 Å². The fourth-order valence-corrected chi connectivity index (χ4v) is 3.72. The Bertz CT molecular complexity index is 790. The van der Waals surface area contributed by atoms with Gasteiger partial charge in [0, 0.05) is 30.9 Å². The second-order valence-corrected chi connectivity index (χ2v) is 7.75. The van der Waals surface area contributed by atoms with Crippen molar-refractivity contribution < 1.29 is 19.5 Å². The maximum Gasteiger partial charge on any atom is 0.407 e. The molecule has 0 bridgehead atoms. The molecule has 1 saturated heterocycles. The number of anilines is 1. The van der Waals surface area contributed by atoms with Gasteiger partial charge in [0.05, 0.1) is 0 Å². The van der Waals surface area contributed by atoms with E-state index in [1.807, 2.05) is 38.1 Å². The Morgan fingerprint density at radius 2 is 2.00 bits per heavy atom. The van der Waals surface area contributed by atoms with Crippen molar-refractivity contribution in [3.05, 3.63) is 42.0 Å². The van der Waals surface area contributed by atoms with Crippen LogP contribution < -0.4 is 10.2 Å². The van der Waals surface area contributed by atoms with Crippen LogP contribution in [0.25, 0.3) is 0 Å². The van der Waals surface area contributed by atoms with Crippen molar-refractivity contribution in [2.24, 2.45) is 5.92 Å². The zero-order valence-electron chi connectivity index (χ0n) is 16.3. The smallest absolute Gasteiger partial charge is 0.407 e. The number of nitrogens with zero attached hydrogens (tertiary/aromatic N) is 2. The summed E-state index contributed by atoms with van der Waals surface area (Å²) in [5, 5.41) is 12.0. The predicted octanol–water partition coefficient (Wildman–Crippen LogP) is 2.42. The van der Waals surface area contributed by atoms with Crippen molar-refractivity contribution in [1.82, 2.24) is 10.2 Å². The predicted molar refractivity (Wildman–Crippen MR) is 106 cm³/mol. The highest BCUT2D eigenvalue weighted by atomic mass is 16.4. The molecule has 0 saturated carbocycles. The van der Waals surface area contributed by atoms with Crippen LogP contribution in [0.15, 0.2) is 36.4 Å². The Morgan fingerprint density at radius 3 is 2.64 bits per heavy atom. The topological polar surface area (TPSA) is 90.0 Å². The third-order valence-electron chi connectivity index (χ3n) is 5.25. The van der Waals surface area contributed by atoms with Crippen molar-refractivity contribution in [1.29, 1.82) is 0 Å². The van der Waals surface area contributed by atoms with Crippen LogP contribution in [0.5, 0.6) is 0 Å². The van der Waals surface area contributed by atoms with Crippen LogP contribution in [0.3, 0.4) is 0 Å². The number of para-hydroxylation sites is 1. The highest BCUT2D eigenvalue weighted by molar-refractivity contribution is 6.03. The Balaban J connectivity index is 1.64. The second kappa shape index (κ2) is 8.46. The van der Waals surface area contributed by atoms with E-state index in [-0.39, 0.29) is 17.9 Å². The van der Waals surface area contributed by atoms with E-state index in [1.165, 1.54) is 6.08 Å². The van der Waals surface area contributed by atoms with Gasteiger partial charge in [-0.05, 0) is 36.8 Å². The average Bonchev–Trinajstić information content (AvgIpc) is 3.01. The maximum absolute atomic E-state index is 12.7. The second-order valence-electron chi connectivity index (χ2n) is 7.75. The zero-order valence-corrected chi connectivity index (χ0v) is 16.3. The lowest BCUT2D eigenvalue weighted by atomic mass is 10.00. The third kappa shape index (κ3) is 4.35. The lowest BCUT2D eigenvalue weighted by molar-refractivity contribution is -0.130. The number of carbonyl (C=O) groups is 3. The Kier molecular flexibility index (Phi) is 6.02. The van der Waals surface area contributed by atoms with E-state index < -0.39 is 12.1 Å². The fourth-order valence-electron chi connectivity index (χ4n) is 3.72. The van der Waals surface area contributed by atoms with Crippen molar-refractivity contribution in [3.63, 3.8) is 0 Å². The summed E-state index contributed by atoms with van der Waals surface area (Å²) in [5.74, 6) is -0.0961. The molecular weight excluding hydrogens is 358 g/mol. The lowest BCUT2D eigenvalue weighted by Gasteiger charge is -2.38. The van der Waals surface area contributed by atoms with Gasteiger partial charge in [-0.15, -0.1) is 0 Å². The van der Waals surface area contributed by atoms with Crippen molar-refractivity contribution in [2.75, 3.05) is 18.0 Å². The molecule has 2 N–H and O–H groups in total. The highest BCUT2D eigenvalue weighted by Gasteiger charge is 2.38. The lowest BCUT2D eigenvalue weighted by Crippen LogP contribution is -2.59. The van der Waals surface area contributed by atoms with E-state index in [1.54, 1.807) is 11.0 Å². The highest BCUT2D eigenvalue weighted by Crippen LogP contribution is 2.27. The van der Waals surface area contributed by atoms with Gasteiger partial charge in [-0.2, -0.15) is 0 Å². The van der Waals surface area contributed by atoms with Crippen LogP contribution in [0, 0.1) is 5.92 Å². The van der Waals surface area contributed by atoms with Crippen LogP contribution in [-0.4, -0.2) is 53.1 Å². The van der Waals surface area contributed by atoms with Gasteiger partial charge in [0.15, 0.2) is 0 Å². The van der Waals surface area contributed by atoms with Crippen molar-refractivity contribution in [3.8, 4) is 0 Å². The number of carboxylic acid groups (broad SMARTS) is 1. The molecule has 7 nitrogen and oxygen atoms in total. The van der Waals surface area contributed by atoms with Gasteiger partial charge in [-0.3, -0.25) is 14.5 Å². The zero-order chi connectivity index (χ0) is 20.3. The molecule has 2 heterocycles. The first-order chi connectivity index (χ1) is 13.4. The molecular formula is C21H27N3O4. The molecule has 7 heteroatoms. The minimum atomic E-state index is -1.08. The van der Waals surface area contributed by atoms with Crippen LogP contribution in [0.4, 0.5) is 10.5 Å². The quantitative estimate of drug-likeness (QED) is 0.736. The number of nitrogens with one attached hydrogen (secondary N) is 1. The number of carbonyl (C=O) groups excluding carboxylic acids is 2. The molecule has 0 unspecified atom stereocenters. The van der Waals surface area contributed by atoms with E-state index in [0.717, 1.165) is 22.6 Å². The standard InChI is InChI=1S/C21H27N3O4/c1-14(2)13-16(22-20(26)18-10-12-24(18)21(27)28)7-8-19(25)23-11-9-15-5-3-4-6-17(15)23/h3-8,14,16,18H,9-13H2,1-2H3,(H,22,26)(H,27,28)/t16-,18+/m1/s1. The molecule has 2 atom stereocenters. The van der Waals surface area contributed by atoms with Gasteiger partial charge >= 0.3 is 6.09 Å². The minimum absolute atomic E-state index is 0.108. The number of amides is 3. The first kappa shape index (κ1) is 19.9. The molecule has 2 aliphatic rings. The molecule has 0 aromatic heterocycles. The van der Waals surface area contributed by atoms with Gasteiger partial charge in [-0.1, -0.05) is 38.1 Å². The van der Waals surface area contributed by atoms with Crippen molar-refractivity contribution in [2.45, 2.75) is 45.2 Å². The Hall–Kier alpha value is -2.83. The molecule has 1 aromatic carbocycles. The molecule has 0 radical (unpaired) electrons. The molecule has 3 rings (SSSR count). The normalized spacial score (nSPS) is 19.5. The van der Waals surface area contributed by atoms with Gasteiger partial charge in [0.1, 0.15) is 6.04 Å². The molecule has 0 aliphatic carbocycles. The van der Waals surface area contributed by atoms with Crippen LogP contribution >= 0.6 is 0 Å². The van der Waals surface area contributed by atoms with E-state index in [0.29, 0.717) is 31.8 Å². The summed E-state index contributed by atoms with van der Waals surface area (Å²) in [6.45, 7) is 5.11. The number of rotatable bonds is 6. The van der Waals surface area contributed by atoms with E-state index in [4.69, 9.17) is 5.11 Å². The summed E-state index contributed by atoms with van der Waals surface area (Å²) in [7, 11) is 0. The first-order valence-electron chi connectivity index (χ1n) is 9.74. The molecule has 3 amide bonds. The number of hydrogen-bond donors (Lipinski definition) is 2. The molecule has 1 aromatic rings. The summed E-state index contributed by atoms with van der Waals surface area (Å²) in [6, 6.07) is 6.91. The van der Waals surface area contributed by atoms with Gasteiger partial charge in [-0.25, -0.2) is 4.79 Å². The van der Waals surface area contributed by atoms with Gasteiger partial charge < -0.3 is 15.3 Å². The van der Waals surface area contributed by atoms with Gasteiger partial charge in [0.25, 0.3) is 5.91 Å². The maximum atomic E-state index is 12.7. The molecule has 1 fully saturated rings. The summed E-state index contributed by atoms with van der Waals surface area (Å²) in [4.78, 5) is 39.1. The number of likely N-dealkylation sites (tertiary alicyclic amines) is 1. The first-order valence-corrected chi connectivity index (χ1v) is 9.74. The minimum Gasteiger partial charge on any atom is -0.465 e. The summed E-state index contributed by atoms with van der Waals surface area (Å²) < 4.78 is 0. The molecule has 2 aliphatic heterocycles. The molecule has 150 valence electrons.